The summed E-state index contributed by atoms with van der Waals surface area (Å²) in [6, 6.07) is 4.26. The molecular weight excluding hydrogens is 329 g/mol. The molecule has 0 heterocycles. The Balaban J connectivity index is 2.76. The predicted molar refractivity (Wildman–Crippen MR) is 78.4 cm³/mol. The van der Waals surface area contributed by atoms with Gasteiger partial charge in [0.15, 0.2) is 0 Å². The maximum absolute atomic E-state index is 13.2. The Kier molecular flexibility index (Phi) is 7.72. The van der Waals surface area contributed by atoms with Crippen molar-refractivity contribution in [3.05, 3.63) is 34.1 Å². The molecule has 0 aliphatic heterocycles. The fourth-order valence-corrected chi connectivity index (χ4v) is 2.11. The molecule has 4 nitrogen and oxygen atoms in total. The van der Waals surface area contributed by atoms with Crippen LogP contribution in [-0.4, -0.2) is 51.3 Å². The molecule has 20 heavy (non-hydrogen) atoms. The number of nitrogens with zero attached hydrogens (tertiary/aromatic N) is 1. The molecule has 0 fully saturated rings. The molecule has 6 heteroatoms. The zero-order valence-corrected chi connectivity index (χ0v) is 13.3. The molecule has 0 N–H and O–H groups in total. The van der Waals surface area contributed by atoms with E-state index in [1.54, 1.807) is 19.1 Å². The lowest BCUT2D eigenvalue weighted by molar-refractivity contribution is 0.0674. The van der Waals surface area contributed by atoms with Crippen molar-refractivity contribution >= 4 is 21.8 Å². The molecule has 1 aromatic rings. The third-order valence-electron chi connectivity index (χ3n) is 2.80. The van der Waals surface area contributed by atoms with Gasteiger partial charge < -0.3 is 14.4 Å². The van der Waals surface area contributed by atoms with Crippen LogP contribution in [-0.2, 0) is 9.47 Å². The van der Waals surface area contributed by atoms with E-state index in [1.807, 2.05) is 0 Å². The summed E-state index contributed by atoms with van der Waals surface area (Å²) in [7, 11) is 3.21. The Morgan fingerprint density at radius 3 is 2.55 bits per heavy atom. The molecule has 1 amide bonds. The summed E-state index contributed by atoms with van der Waals surface area (Å²) in [4.78, 5) is 14.1. The monoisotopic (exact) mass is 347 g/mol. The van der Waals surface area contributed by atoms with E-state index in [-0.39, 0.29) is 16.2 Å². The van der Waals surface area contributed by atoms with Gasteiger partial charge in [0.1, 0.15) is 5.82 Å². The fraction of sp³-hybridized carbons (Fsp3) is 0.500. The number of rotatable bonds is 8. The van der Waals surface area contributed by atoms with E-state index < -0.39 is 0 Å². The summed E-state index contributed by atoms with van der Waals surface area (Å²) in [5, 5.41) is 0. The van der Waals surface area contributed by atoms with Crippen molar-refractivity contribution in [2.75, 3.05) is 40.5 Å². The van der Waals surface area contributed by atoms with Crippen molar-refractivity contribution in [2.24, 2.45) is 0 Å². The Morgan fingerprint density at radius 1 is 1.25 bits per heavy atom. The second-order valence-electron chi connectivity index (χ2n) is 4.26. The van der Waals surface area contributed by atoms with Crippen LogP contribution in [0, 0.1) is 5.82 Å². The first-order valence-corrected chi connectivity index (χ1v) is 7.11. The topological polar surface area (TPSA) is 38.8 Å². The second kappa shape index (κ2) is 9.05. The molecule has 0 radical (unpaired) electrons. The van der Waals surface area contributed by atoms with Crippen molar-refractivity contribution in [1.29, 1.82) is 0 Å². The summed E-state index contributed by atoms with van der Waals surface area (Å²) < 4.78 is 23.5. The van der Waals surface area contributed by atoms with Gasteiger partial charge in [-0.1, -0.05) is 0 Å². The van der Waals surface area contributed by atoms with Crippen molar-refractivity contribution in [1.82, 2.24) is 4.90 Å². The average molecular weight is 348 g/mol. The highest BCUT2D eigenvalue weighted by Crippen LogP contribution is 2.18. The number of hydrogen-bond acceptors (Lipinski definition) is 3. The quantitative estimate of drug-likeness (QED) is 0.678. The zero-order chi connectivity index (χ0) is 15.0. The Morgan fingerprint density at radius 2 is 1.95 bits per heavy atom. The van der Waals surface area contributed by atoms with E-state index in [2.05, 4.69) is 15.9 Å². The van der Waals surface area contributed by atoms with E-state index in [4.69, 9.17) is 9.47 Å². The Hall–Kier alpha value is -0.980. The second-order valence-corrected chi connectivity index (χ2v) is 5.11. The molecule has 0 aromatic heterocycles. The Bertz CT molecular complexity index is 442. The maximum atomic E-state index is 13.2. The van der Waals surface area contributed by atoms with Crippen LogP contribution in [0.15, 0.2) is 22.7 Å². The highest BCUT2D eigenvalue weighted by molar-refractivity contribution is 9.10. The van der Waals surface area contributed by atoms with Crippen LogP contribution in [0.2, 0.25) is 0 Å². The number of carbonyl (C=O) groups is 1. The van der Waals surface area contributed by atoms with E-state index in [0.717, 1.165) is 6.42 Å². The number of methoxy groups -OCH3 is 2. The third kappa shape index (κ3) is 5.19. The van der Waals surface area contributed by atoms with Gasteiger partial charge in [0.25, 0.3) is 5.91 Å². The smallest absolute Gasteiger partial charge is 0.253 e. The molecule has 1 rings (SSSR count). The minimum atomic E-state index is -0.385. The highest BCUT2D eigenvalue weighted by Gasteiger charge is 2.16. The number of hydrogen-bond donors (Lipinski definition) is 0. The van der Waals surface area contributed by atoms with Crippen molar-refractivity contribution in [3.63, 3.8) is 0 Å². The van der Waals surface area contributed by atoms with Crippen LogP contribution < -0.4 is 0 Å². The molecule has 0 saturated carbocycles. The largest absolute Gasteiger partial charge is 0.385 e. The molecule has 0 spiro atoms. The first-order chi connectivity index (χ1) is 9.60. The van der Waals surface area contributed by atoms with Gasteiger partial charge in [-0.25, -0.2) is 4.39 Å². The summed E-state index contributed by atoms with van der Waals surface area (Å²) in [5.74, 6) is -0.525. The zero-order valence-electron chi connectivity index (χ0n) is 11.7. The van der Waals surface area contributed by atoms with E-state index in [1.165, 1.54) is 18.2 Å². The maximum Gasteiger partial charge on any atom is 0.253 e. The normalized spacial score (nSPS) is 10.6. The number of ether oxygens (including phenoxy) is 2. The highest BCUT2D eigenvalue weighted by atomic mass is 79.9. The SMILES string of the molecule is COCCCN(CCOC)C(=O)c1ccc(F)c(Br)c1. The van der Waals surface area contributed by atoms with Crippen LogP contribution in [0.4, 0.5) is 4.39 Å². The summed E-state index contributed by atoms with van der Waals surface area (Å²) in [6.45, 7) is 2.12. The van der Waals surface area contributed by atoms with Gasteiger partial charge in [0.05, 0.1) is 11.1 Å². The molecule has 1 aromatic carbocycles. The van der Waals surface area contributed by atoms with Crippen LogP contribution >= 0.6 is 15.9 Å². The molecule has 0 saturated heterocycles. The summed E-state index contributed by atoms with van der Waals surface area (Å²) in [5.41, 5.74) is 0.451. The molecule has 0 aliphatic rings. The van der Waals surface area contributed by atoms with Crippen molar-refractivity contribution < 1.29 is 18.7 Å². The minimum Gasteiger partial charge on any atom is -0.385 e. The minimum absolute atomic E-state index is 0.140. The third-order valence-corrected chi connectivity index (χ3v) is 3.40. The van der Waals surface area contributed by atoms with Gasteiger partial charge >= 0.3 is 0 Å². The lowest BCUT2D eigenvalue weighted by Gasteiger charge is -2.22. The van der Waals surface area contributed by atoms with Crippen LogP contribution in [0.3, 0.4) is 0 Å². The van der Waals surface area contributed by atoms with Gasteiger partial charge in [-0.15, -0.1) is 0 Å². The molecule has 0 atom stereocenters. The molecule has 0 bridgehead atoms. The van der Waals surface area contributed by atoms with E-state index in [9.17, 15) is 9.18 Å². The number of carbonyl (C=O) groups excluding carboxylic acids is 1. The standard InChI is InChI=1S/C14H19BrFNO3/c1-19-8-3-6-17(7-9-20-2)14(18)11-4-5-13(16)12(15)10-11/h4-5,10H,3,6-9H2,1-2H3. The number of amides is 1. The van der Waals surface area contributed by atoms with Gasteiger partial charge in [0, 0.05) is 39.5 Å². The number of halogens is 2. The Labute approximate surface area is 127 Å². The molecular formula is C14H19BrFNO3. The van der Waals surface area contributed by atoms with Gasteiger partial charge in [-0.3, -0.25) is 4.79 Å². The first kappa shape index (κ1) is 17.1. The molecule has 0 unspecified atom stereocenters. The van der Waals surface area contributed by atoms with Crippen molar-refractivity contribution in [2.45, 2.75) is 6.42 Å². The fourth-order valence-electron chi connectivity index (χ4n) is 1.73. The van der Waals surface area contributed by atoms with E-state index in [0.29, 0.717) is 31.9 Å². The first-order valence-electron chi connectivity index (χ1n) is 6.32. The van der Waals surface area contributed by atoms with Gasteiger partial charge in [-0.05, 0) is 40.5 Å². The average Bonchev–Trinajstić information content (AvgIpc) is 2.45. The molecule has 0 aliphatic carbocycles. The van der Waals surface area contributed by atoms with Gasteiger partial charge in [0.2, 0.25) is 0 Å². The summed E-state index contributed by atoms with van der Waals surface area (Å²) >= 11 is 3.09. The van der Waals surface area contributed by atoms with Crippen LogP contribution in [0.25, 0.3) is 0 Å². The molecule has 112 valence electrons. The summed E-state index contributed by atoms with van der Waals surface area (Å²) in [6.07, 6.45) is 0.744. The van der Waals surface area contributed by atoms with Crippen LogP contribution in [0.1, 0.15) is 16.8 Å². The van der Waals surface area contributed by atoms with Gasteiger partial charge in [-0.2, -0.15) is 0 Å². The number of benzene rings is 1. The predicted octanol–water partition coefficient (Wildman–Crippen LogP) is 2.71. The lowest BCUT2D eigenvalue weighted by Crippen LogP contribution is -2.35. The van der Waals surface area contributed by atoms with Crippen molar-refractivity contribution in [3.8, 4) is 0 Å². The van der Waals surface area contributed by atoms with Crippen LogP contribution in [0.5, 0.6) is 0 Å². The van der Waals surface area contributed by atoms with E-state index >= 15 is 0 Å². The lowest BCUT2D eigenvalue weighted by atomic mass is 10.2.